The second-order valence-corrected chi connectivity index (χ2v) is 5.87. The van der Waals surface area contributed by atoms with Crippen LogP contribution in [0.3, 0.4) is 0 Å². The van der Waals surface area contributed by atoms with Crippen molar-refractivity contribution in [1.82, 2.24) is 4.90 Å². The van der Waals surface area contributed by atoms with Gasteiger partial charge in [-0.1, -0.05) is 13.8 Å². The summed E-state index contributed by atoms with van der Waals surface area (Å²) < 4.78 is 5.88. The second kappa shape index (κ2) is 8.25. The number of aliphatic hydroxyl groups is 1. The SMILES string of the molecule is CCN(CC)CC(O)COc1cc(N)ccc1N1CCCC1. The molecule has 0 saturated carbocycles. The van der Waals surface area contributed by atoms with Crippen LogP contribution in [0.2, 0.25) is 0 Å². The van der Waals surface area contributed by atoms with E-state index in [0.29, 0.717) is 18.8 Å². The third-order valence-corrected chi connectivity index (χ3v) is 4.23. The molecule has 1 aliphatic rings. The van der Waals surface area contributed by atoms with E-state index >= 15 is 0 Å². The smallest absolute Gasteiger partial charge is 0.144 e. The van der Waals surface area contributed by atoms with E-state index in [1.807, 2.05) is 18.2 Å². The first-order valence-corrected chi connectivity index (χ1v) is 8.31. The molecule has 1 aromatic rings. The lowest BCUT2D eigenvalue weighted by Crippen LogP contribution is -2.35. The largest absolute Gasteiger partial charge is 0.489 e. The fourth-order valence-corrected chi connectivity index (χ4v) is 2.88. The topological polar surface area (TPSA) is 62.0 Å². The highest BCUT2D eigenvalue weighted by molar-refractivity contribution is 5.64. The molecule has 5 nitrogen and oxygen atoms in total. The molecule has 1 heterocycles. The molecule has 0 spiro atoms. The number of anilines is 2. The number of likely N-dealkylation sites (N-methyl/N-ethyl adjacent to an activating group) is 1. The molecule has 1 aliphatic heterocycles. The van der Waals surface area contributed by atoms with Gasteiger partial charge in [-0.2, -0.15) is 0 Å². The summed E-state index contributed by atoms with van der Waals surface area (Å²) in [6, 6.07) is 5.79. The van der Waals surface area contributed by atoms with E-state index in [2.05, 4.69) is 23.6 Å². The quantitative estimate of drug-likeness (QED) is 0.719. The van der Waals surface area contributed by atoms with Gasteiger partial charge in [0, 0.05) is 31.4 Å². The molecule has 0 bridgehead atoms. The van der Waals surface area contributed by atoms with Crippen molar-refractivity contribution < 1.29 is 9.84 Å². The van der Waals surface area contributed by atoms with Crippen LogP contribution in [0.1, 0.15) is 26.7 Å². The molecule has 2 rings (SSSR count). The summed E-state index contributed by atoms with van der Waals surface area (Å²) >= 11 is 0. The minimum absolute atomic E-state index is 0.292. The first kappa shape index (κ1) is 16.9. The van der Waals surface area contributed by atoms with Gasteiger partial charge in [0.2, 0.25) is 0 Å². The molecule has 1 fully saturated rings. The Morgan fingerprint density at radius 3 is 2.59 bits per heavy atom. The van der Waals surface area contributed by atoms with Gasteiger partial charge in [0.1, 0.15) is 18.5 Å². The maximum Gasteiger partial charge on any atom is 0.144 e. The molecule has 22 heavy (non-hydrogen) atoms. The molecule has 0 aromatic heterocycles. The van der Waals surface area contributed by atoms with Crippen LogP contribution >= 0.6 is 0 Å². The van der Waals surface area contributed by atoms with Gasteiger partial charge < -0.3 is 25.4 Å². The Bertz CT molecular complexity index is 457. The van der Waals surface area contributed by atoms with Gasteiger partial charge in [-0.05, 0) is 38.1 Å². The van der Waals surface area contributed by atoms with Crippen LogP contribution in [0.15, 0.2) is 18.2 Å². The van der Waals surface area contributed by atoms with E-state index < -0.39 is 6.10 Å². The highest BCUT2D eigenvalue weighted by Crippen LogP contribution is 2.32. The number of aliphatic hydroxyl groups excluding tert-OH is 1. The zero-order valence-corrected chi connectivity index (χ0v) is 13.8. The van der Waals surface area contributed by atoms with E-state index in [9.17, 15) is 5.11 Å². The van der Waals surface area contributed by atoms with Crippen LogP contribution < -0.4 is 15.4 Å². The number of nitrogens with zero attached hydrogens (tertiary/aromatic N) is 2. The molecule has 5 heteroatoms. The third kappa shape index (κ3) is 4.52. The van der Waals surface area contributed by atoms with Crippen molar-refractivity contribution in [3.63, 3.8) is 0 Å². The van der Waals surface area contributed by atoms with Gasteiger partial charge >= 0.3 is 0 Å². The van der Waals surface area contributed by atoms with E-state index in [1.165, 1.54) is 12.8 Å². The van der Waals surface area contributed by atoms with Gasteiger partial charge in [-0.15, -0.1) is 0 Å². The van der Waals surface area contributed by atoms with Crippen LogP contribution in [-0.2, 0) is 0 Å². The van der Waals surface area contributed by atoms with E-state index in [4.69, 9.17) is 10.5 Å². The maximum atomic E-state index is 10.2. The lowest BCUT2D eigenvalue weighted by Gasteiger charge is -2.24. The minimum atomic E-state index is -0.493. The molecule has 0 amide bonds. The zero-order chi connectivity index (χ0) is 15.9. The molecule has 3 N–H and O–H groups in total. The Balaban J connectivity index is 1.97. The fraction of sp³-hybridized carbons (Fsp3) is 0.647. The number of hydrogen-bond acceptors (Lipinski definition) is 5. The van der Waals surface area contributed by atoms with Crippen molar-refractivity contribution in [1.29, 1.82) is 0 Å². The number of nitrogen functional groups attached to an aromatic ring is 1. The number of hydrogen-bond donors (Lipinski definition) is 2. The third-order valence-electron chi connectivity index (χ3n) is 4.23. The van der Waals surface area contributed by atoms with Crippen molar-refractivity contribution in [2.45, 2.75) is 32.8 Å². The first-order chi connectivity index (χ1) is 10.6. The Hall–Kier alpha value is -1.46. The van der Waals surface area contributed by atoms with Crippen LogP contribution in [0.4, 0.5) is 11.4 Å². The van der Waals surface area contributed by atoms with Crippen LogP contribution in [-0.4, -0.2) is 55.4 Å². The highest BCUT2D eigenvalue weighted by Gasteiger charge is 2.18. The van der Waals surface area contributed by atoms with Crippen LogP contribution in [0.5, 0.6) is 5.75 Å². The standard InChI is InChI=1S/C17H29N3O2/c1-3-19(4-2)12-15(21)13-22-17-11-14(18)7-8-16(17)20-9-5-6-10-20/h7-8,11,15,21H,3-6,9-10,12-13,18H2,1-2H3. The Kier molecular flexibility index (Phi) is 6.34. The summed E-state index contributed by atoms with van der Waals surface area (Å²) in [5.74, 6) is 0.778. The summed E-state index contributed by atoms with van der Waals surface area (Å²) in [5, 5.41) is 10.2. The van der Waals surface area contributed by atoms with E-state index in [-0.39, 0.29) is 0 Å². The molecular formula is C17H29N3O2. The average Bonchev–Trinajstić information content (AvgIpc) is 3.04. The summed E-state index contributed by atoms with van der Waals surface area (Å²) in [6.45, 7) is 9.11. The second-order valence-electron chi connectivity index (χ2n) is 5.87. The van der Waals surface area contributed by atoms with Crippen LogP contribution in [0, 0.1) is 0 Å². The van der Waals surface area contributed by atoms with Crippen molar-refractivity contribution in [2.24, 2.45) is 0 Å². The monoisotopic (exact) mass is 307 g/mol. The predicted molar refractivity (Wildman–Crippen MR) is 91.6 cm³/mol. The van der Waals surface area contributed by atoms with Crippen molar-refractivity contribution in [2.75, 3.05) is 50.0 Å². The van der Waals surface area contributed by atoms with Gasteiger partial charge in [0.05, 0.1) is 5.69 Å². The van der Waals surface area contributed by atoms with Crippen molar-refractivity contribution >= 4 is 11.4 Å². The predicted octanol–water partition coefficient (Wildman–Crippen LogP) is 1.95. The lowest BCUT2D eigenvalue weighted by molar-refractivity contribution is 0.0718. The molecule has 1 atom stereocenters. The zero-order valence-electron chi connectivity index (χ0n) is 13.8. The fourth-order valence-electron chi connectivity index (χ4n) is 2.88. The Morgan fingerprint density at radius 2 is 1.95 bits per heavy atom. The molecule has 124 valence electrons. The van der Waals surface area contributed by atoms with Crippen LogP contribution in [0.25, 0.3) is 0 Å². The van der Waals surface area contributed by atoms with Crippen molar-refractivity contribution in [3.8, 4) is 5.75 Å². The van der Waals surface area contributed by atoms with E-state index in [0.717, 1.165) is 37.6 Å². The normalized spacial score (nSPS) is 16.3. The average molecular weight is 307 g/mol. The molecule has 1 unspecified atom stereocenters. The number of benzene rings is 1. The maximum absolute atomic E-state index is 10.2. The van der Waals surface area contributed by atoms with Gasteiger partial charge in [-0.3, -0.25) is 0 Å². The number of rotatable bonds is 8. The highest BCUT2D eigenvalue weighted by atomic mass is 16.5. The Morgan fingerprint density at radius 1 is 1.27 bits per heavy atom. The number of ether oxygens (including phenoxy) is 1. The van der Waals surface area contributed by atoms with E-state index in [1.54, 1.807) is 0 Å². The number of nitrogens with two attached hydrogens (primary N) is 1. The summed E-state index contributed by atoms with van der Waals surface area (Å²) in [5.41, 5.74) is 7.66. The summed E-state index contributed by atoms with van der Waals surface area (Å²) in [4.78, 5) is 4.51. The lowest BCUT2D eigenvalue weighted by atomic mass is 10.2. The van der Waals surface area contributed by atoms with Gasteiger partial charge in [0.15, 0.2) is 0 Å². The summed E-state index contributed by atoms with van der Waals surface area (Å²) in [7, 11) is 0. The first-order valence-electron chi connectivity index (χ1n) is 8.31. The molecule has 0 radical (unpaired) electrons. The van der Waals surface area contributed by atoms with Gasteiger partial charge in [-0.25, -0.2) is 0 Å². The molecule has 1 saturated heterocycles. The van der Waals surface area contributed by atoms with Crippen molar-refractivity contribution in [3.05, 3.63) is 18.2 Å². The summed E-state index contributed by atoms with van der Waals surface area (Å²) in [6.07, 6.45) is 1.94. The molecular weight excluding hydrogens is 278 g/mol. The minimum Gasteiger partial charge on any atom is -0.489 e. The molecule has 1 aromatic carbocycles. The molecule has 0 aliphatic carbocycles. The Labute approximate surface area is 133 Å². The van der Waals surface area contributed by atoms with Gasteiger partial charge in [0.25, 0.3) is 0 Å².